The van der Waals surface area contributed by atoms with Crippen LogP contribution in [-0.2, 0) is 6.61 Å². The first-order valence-electron chi connectivity index (χ1n) is 11.5. The molecule has 1 aliphatic carbocycles. The van der Waals surface area contributed by atoms with Gasteiger partial charge < -0.3 is 21.1 Å². The second-order valence-corrected chi connectivity index (χ2v) is 8.75. The Balaban J connectivity index is 1.41. The zero-order valence-corrected chi connectivity index (χ0v) is 19.6. The predicted molar refractivity (Wildman–Crippen MR) is 135 cm³/mol. The maximum atomic E-state index is 12.7. The quantitative estimate of drug-likeness (QED) is 0.303. The van der Waals surface area contributed by atoms with Gasteiger partial charge in [-0.05, 0) is 56.5 Å². The molecule has 4 N–H and O–H groups in total. The summed E-state index contributed by atoms with van der Waals surface area (Å²) in [5.74, 6) is 1.77. The van der Waals surface area contributed by atoms with E-state index in [4.69, 9.17) is 0 Å². The molecule has 4 aromatic rings. The second-order valence-electron chi connectivity index (χ2n) is 8.75. The van der Waals surface area contributed by atoms with Crippen LogP contribution in [0, 0.1) is 13.8 Å². The van der Waals surface area contributed by atoms with Crippen LogP contribution >= 0.6 is 0 Å². The standard InChI is InChI=1S/C26H27N7O2/c1-16-4-3-5-18(10-16)26(35)30-20-7-6-17(2)22(11-20)31-25-12-21(14-34)32-33(25)24-13-23(27-15-28-24)29-19-8-9-19/h3-7,10-13,15,19,31,34H,8-9,14H2,1-2H3,(H,30,35)(H,27,28,29). The van der Waals surface area contributed by atoms with Gasteiger partial charge in [0, 0.05) is 35.1 Å². The summed E-state index contributed by atoms with van der Waals surface area (Å²) in [4.78, 5) is 21.4. The molecule has 2 aromatic carbocycles. The Morgan fingerprint density at radius 2 is 1.94 bits per heavy atom. The number of aliphatic hydroxyl groups is 1. The van der Waals surface area contributed by atoms with Gasteiger partial charge in [-0.2, -0.15) is 9.78 Å². The summed E-state index contributed by atoms with van der Waals surface area (Å²) in [6, 6.07) is 17.2. The summed E-state index contributed by atoms with van der Waals surface area (Å²) >= 11 is 0. The van der Waals surface area contributed by atoms with Gasteiger partial charge in [-0.25, -0.2) is 9.97 Å². The highest BCUT2D eigenvalue weighted by Crippen LogP contribution is 2.28. The molecule has 1 aliphatic rings. The maximum Gasteiger partial charge on any atom is 0.255 e. The number of nitrogens with one attached hydrogen (secondary N) is 3. The Morgan fingerprint density at radius 3 is 2.71 bits per heavy atom. The van der Waals surface area contributed by atoms with Gasteiger partial charge in [-0.1, -0.05) is 23.8 Å². The van der Waals surface area contributed by atoms with E-state index in [0.717, 1.165) is 35.5 Å². The fourth-order valence-electron chi connectivity index (χ4n) is 3.71. The zero-order valence-electron chi connectivity index (χ0n) is 19.6. The minimum Gasteiger partial charge on any atom is -0.390 e. The summed E-state index contributed by atoms with van der Waals surface area (Å²) in [5.41, 5.74) is 4.57. The molecule has 2 aromatic heterocycles. The number of aromatic nitrogens is 4. The van der Waals surface area contributed by atoms with Crippen LogP contribution < -0.4 is 16.0 Å². The molecule has 9 nitrogen and oxygen atoms in total. The van der Waals surface area contributed by atoms with Crippen molar-refractivity contribution in [2.24, 2.45) is 0 Å². The number of anilines is 4. The molecule has 2 heterocycles. The molecule has 0 atom stereocenters. The van der Waals surface area contributed by atoms with Gasteiger partial charge in [0.25, 0.3) is 5.91 Å². The normalized spacial score (nSPS) is 12.9. The lowest BCUT2D eigenvalue weighted by molar-refractivity contribution is 0.102. The van der Waals surface area contributed by atoms with Crippen LogP contribution in [0.5, 0.6) is 0 Å². The smallest absolute Gasteiger partial charge is 0.255 e. The van der Waals surface area contributed by atoms with E-state index in [0.29, 0.717) is 34.6 Å². The highest BCUT2D eigenvalue weighted by molar-refractivity contribution is 6.04. The van der Waals surface area contributed by atoms with Gasteiger partial charge in [0.15, 0.2) is 5.82 Å². The van der Waals surface area contributed by atoms with Gasteiger partial charge in [-0.3, -0.25) is 4.79 Å². The van der Waals surface area contributed by atoms with E-state index < -0.39 is 0 Å². The SMILES string of the molecule is Cc1cccc(C(=O)Nc2ccc(C)c(Nc3cc(CO)nn3-c3cc(NC4CC4)ncn3)c2)c1. The van der Waals surface area contributed by atoms with Crippen molar-refractivity contribution in [3.63, 3.8) is 0 Å². The average molecular weight is 470 g/mol. The van der Waals surface area contributed by atoms with Crippen molar-refractivity contribution in [1.82, 2.24) is 19.7 Å². The van der Waals surface area contributed by atoms with Crippen molar-refractivity contribution < 1.29 is 9.90 Å². The van der Waals surface area contributed by atoms with Crippen LogP contribution in [0.2, 0.25) is 0 Å². The average Bonchev–Trinajstić information content (AvgIpc) is 3.57. The number of rotatable bonds is 8. The van der Waals surface area contributed by atoms with Gasteiger partial charge in [0.2, 0.25) is 0 Å². The third-order valence-corrected chi connectivity index (χ3v) is 5.76. The largest absolute Gasteiger partial charge is 0.390 e. The highest BCUT2D eigenvalue weighted by atomic mass is 16.3. The van der Waals surface area contributed by atoms with Crippen LogP contribution in [0.15, 0.2) is 60.9 Å². The van der Waals surface area contributed by atoms with Gasteiger partial charge in [0.05, 0.1) is 12.3 Å². The lowest BCUT2D eigenvalue weighted by Gasteiger charge is -2.14. The molecule has 0 unspecified atom stereocenters. The molecular weight excluding hydrogens is 442 g/mol. The molecule has 1 amide bonds. The first-order chi connectivity index (χ1) is 17.0. The van der Waals surface area contributed by atoms with E-state index in [2.05, 4.69) is 31.0 Å². The highest BCUT2D eigenvalue weighted by Gasteiger charge is 2.22. The number of hydrogen-bond donors (Lipinski definition) is 4. The van der Waals surface area contributed by atoms with E-state index in [1.807, 2.05) is 56.3 Å². The summed E-state index contributed by atoms with van der Waals surface area (Å²) in [7, 11) is 0. The predicted octanol–water partition coefficient (Wildman–Crippen LogP) is 4.34. The number of carbonyl (C=O) groups excluding carboxylic acids is 1. The Hall–Kier alpha value is -4.24. The molecule has 35 heavy (non-hydrogen) atoms. The molecule has 0 spiro atoms. The van der Waals surface area contributed by atoms with E-state index in [1.54, 1.807) is 16.8 Å². The van der Waals surface area contributed by atoms with Gasteiger partial charge >= 0.3 is 0 Å². The third kappa shape index (κ3) is 5.30. The number of nitrogens with zero attached hydrogens (tertiary/aromatic N) is 4. The van der Waals surface area contributed by atoms with Crippen LogP contribution in [0.4, 0.5) is 23.0 Å². The minimum absolute atomic E-state index is 0.173. The van der Waals surface area contributed by atoms with Crippen LogP contribution in [0.25, 0.3) is 5.82 Å². The monoisotopic (exact) mass is 469 g/mol. The fraction of sp³-hybridized carbons (Fsp3) is 0.231. The Labute approximate surface area is 203 Å². The summed E-state index contributed by atoms with van der Waals surface area (Å²) in [5, 5.41) is 23.9. The summed E-state index contributed by atoms with van der Waals surface area (Å²) in [6.07, 6.45) is 3.77. The van der Waals surface area contributed by atoms with E-state index in [1.165, 1.54) is 6.33 Å². The minimum atomic E-state index is -0.203. The van der Waals surface area contributed by atoms with Crippen molar-refractivity contribution in [2.45, 2.75) is 39.3 Å². The molecule has 1 fully saturated rings. The number of hydrogen-bond acceptors (Lipinski definition) is 7. The Kier molecular flexibility index (Phi) is 6.15. The third-order valence-electron chi connectivity index (χ3n) is 5.76. The van der Waals surface area contributed by atoms with E-state index >= 15 is 0 Å². The molecule has 9 heteroatoms. The van der Waals surface area contributed by atoms with Crippen LogP contribution in [-0.4, -0.2) is 36.8 Å². The first-order valence-corrected chi connectivity index (χ1v) is 11.5. The number of carbonyl (C=O) groups is 1. The number of benzene rings is 2. The topological polar surface area (TPSA) is 117 Å². The number of aliphatic hydroxyl groups excluding tert-OH is 1. The molecule has 0 saturated heterocycles. The summed E-state index contributed by atoms with van der Waals surface area (Å²) in [6.45, 7) is 3.73. The lowest BCUT2D eigenvalue weighted by Crippen LogP contribution is -2.12. The number of aryl methyl sites for hydroxylation is 2. The Bertz CT molecular complexity index is 1380. The van der Waals surface area contributed by atoms with Crippen molar-refractivity contribution in [1.29, 1.82) is 0 Å². The molecule has 0 bridgehead atoms. The Morgan fingerprint density at radius 1 is 1.09 bits per heavy atom. The molecule has 0 radical (unpaired) electrons. The van der Waals surface area contributed by atoms with Gasteiger partial charge in [-0.15, -0.1) is 0 Å². The van der Waals surface area contributed by atoms with Crippen molar-refractivity contribution in [2.75, 3.05) is 16.0 Å². The lowest BCUT2D eigenvalue weighted by atomic mass is 10.1. The molecule has 0 aliphatic heterocycles. The van der Waals surface area contributed by atoms with Crippen LogP contribution in [0.3, 0.4) is 0 Å². The zero-order chi connectivity index (χ0) is 24.4. The molecule has 1 saturated carbocycles. The van der Waals surface area contributed by atoms with E-state index in [-0.39, 0.29) is 12.5 Å². The summed E-state index contributed by atoms with van der Waals surface area (Å²) < 4.78 is 1.64. The second kappa shape index (κ2) is 9.55. The molecular formula is C26H27N7O2. The van der Waals surface area contributed by atoms with Crippen molar-refractivity contribution >= 4 is 28.9 Å². The molecule has 178 valence electrons. The van der Waals surface area contributed by atoms with Crippen LogP contribution in [0.1, 0.15) is 40.0 Å². The molecule has 5 rings (SSSR count). The maximum absolute atomic E-state index is 12.7. The van der Waals surface area contributed by atoms with Gasteiger partial charge in [0.1, 0.15) is 18.0 Å². The fourth-order valence-corrected chi connectivity index (χ4v) is 3.71. The van der Waals surface area contributed by atoms with Crippen molar-refractivity contribution in [3.8, 4) is 5.82 Å². The first kappa shape index (κ1) is 22.5. The van der Waals surface area contributed by atoms with E-state index in [9.17, 15) is 9.90 Å². The number of amides is 1. The van der Waals surface area contributed by atoms with Crippen molar-refractivity contribution in [3.05, 3.63) is 83.3 Å².